The molecular weight excluding hydrogens is 410 g/mol. The smallest absolute Gasteiger partial charge is 0.178 e. The highest BCUT2D eigenvalue weighted by molar-refractivity contribution is 7.91. The van der Waals surface area contributed by atoms with Crippen molar-refractivity contribution < 1.29 is 13.2 Å². The van der Waals surface area contributed by atoms with Crippen molar-refractivity contribution in [2.75, 3.05) is 5.75 Å². The molecule has 2 aliphatic carbocycles. The maximum Gasteiger partial charge on any atom is 0.178 e. The van der Waals surface area contributed by atoms with Gasteiger partial charge >= 0.3 is 0 Å². The molecule has 1 aromatic rings. The van der Waals surface area contributed by atoms with Gasteiger partial charge in [-0.25, -0.2) is 8.42 Å². The number of azo groups is 1. The number of benzene rings is 1. The van der Waals surface area contributed by atoms with E-state index in [1.54, 1.807) is 18.3 Å². The van der Waals surface area contributed by atoms with Crippen LogP contribution in [-0.2, 0) is 20.0 Å². The quantitative estimate of drug-likeness (QED) is 0.735. The second-order valence-corrected chi connectivity index (χ2v) is 12.2. The van der Waals surface area contributed by atoms with Crippen molar-refractivity contribution in [2.24, 2.45) is 21.6 Å². The van der Waals surface area contributed by atoms with Crippen LogP contribution < -0.4 is 5.32 Å². The lowest BCUT2D eigenvalue weighted by molar-refractivity contribution is -0.119. The van der Waals surface area contributed by atoms with Crippen molar-refractivity contribution in [3.05, 3.63) is 52.9 Å². The summed E-state index contributed by atoms with van der Waals surface area (Å²) in [4.78, 5) is 13.9. The highest BCUT2D eigenvalue weighted by atomic mass is 32.2. The zero-order valence-corrected chi connectivity index (χ0v) is 19.1. The van der Waals surface area contributed by atoms with E-state index in [1.165, 1.54) is 0 Å². The molecule has 2 heterocycles. The first-order valence-electron chi connectivity index (χ1n) is 11.1. The lowest BCUT2D eigenvalue weighted by atomic mass is 9.59. The Kier molecular flexibility index (Phi) is 4.56. The van der Waals surface area contributed by atoms with E-state index in [0.29, 0.717) is 17.7 Å². The van der Waals surface area contributed by atoms with Crippen LogP contribution in [0.5, 0.6) is 0 Å². The largest absolute Gasteiger partial charge is 0.362 e. The molecule has 0 bridgehead atoms. The molecule has 4 aliphatic rings. The number of hydrogen-bond acceptors (Lipinski definition) is 6. The van der Waals surface area contributed by atoms with Crippen molar-refractivity contribution in [3.8, 4) is 0 Å². The molecule has 1 saturated carbocycles. The molecule has 5 rings (SSSR count). The van der Waals surface area contributed by atoms with E-state index in [2.05, 4.69) is 36.3 Å². The van der Waals surface area contributed by atoms with E-state index in [4.69, 9.17) is 0 Å². The SMILES string of the molecule is CC[C@@]1(c2cccc(S(=O)(=O)CC3CC3)c2)C2=CN=NC2NC2=C1C(=O)CC(C)(C)C2. The maximum atomic E-state index is 13.5. The second-order valence-electron chi connectivity index (χ2n) is 10.2. The average Bonchev–Trinajstić information content (AvgIpc) is 3.37. The molecule has 7 heteroatoms. The zero-order valence-electron chi connectivity index (χ0n) is 18.3. The Morgan fingerprint density at radius 3 is 2.68 bits per heavy atom. The van der Waals surface area contributed by atoms with Crippen LogP contribution in [0, 0.1) is 11.3 Å². The third-order valence-corrected chi connectivity index (χ3v) is 9.03. The predicted octanol–water partition coefficient (Wildman–Crippen LogP) is 4.44. The Labute approximate surface area is 183 Å². The number of fused-ring (bicyclic) bond motifs is 1. The first-order valence-corrected chi connectivity index (χ1v) is 12.8. The molecule has 6 nitrogen and oxygen atoms in total. The van der Waals surface area contributed by atoms with Crippen LogP contribution in [0.25, 0.3) is 0 Å². The highest BCUT2D eigenvalue weighted by Gasteiger charge is 2.53. The van der Waals surface area contributed by atoms with Gasteiger partial charge in [0.2, 0.25) is 0 Å². The molecule has 2 aliphatic heterocycles. The molecule has 164 valence electrons. The molecule has 2 atom stereocenters. The summed E-state index contributed by atoms with van der Waals surface area (Å²) in [6.07, 6.45) is 5.29. The molecule has 0 spiro atoms. The van der Waals surface area contributed by atoms with Crippen molar-refractivity contribution in [1.82, 2.24) is 5.32 Å². The third kappa shape index (κ3) is 3.28. The van der Waals surface area contributed by atoms with Gasteiger partial charge in [-0.1, -0.05) is 32.9 Å². The number of rotatable bonds is 5. The van der Waals surface area contributed by atoms with Crippen LogP contribution in [0.1, 0.15) is 58.4 Å². The Hall–Kier alpha value is -2.28. The topological polar surface area (TPSA) is 88.0 Å². The predicted molar refractivity (Wildman–Crippen MR) is 118 cm³/mol. The average molecular weight is 440 g/mol. The van der Waals surface area contributed by atoms with Gasteiger partial charge in [0.15, 0.2) is 21.8 Å². The Morgan fingerprint density at radius 2 is 1.97 bits per heavy atom. The van der Waals surface area contributed by atoms with Gasteiger partial charge in [-0.05, 0) is 54.7 Å². The highest BCUT2D eigenvalue weighted by Crippen LogP contribution is 2.53. The summed E-state index contributed by atoms with van der Waals surface area (Å²) >= 11 is 0. The van der Waals surface area contributed by atoms with Gasteiger partial charge in [-0.15, -0.1) is 0 Å². The Balaban J connectivity index is 1.70. The number of hydrogen-bond donors (Lipinski definition) is 1. The van der Waals surface area contributed by atoms with Gasteiger partial charge in [-0.3, -0.25) is 4.79 Å². The summed E-state index contributed by atoms with van der Waals surface area (Å²) in [7, 11) is -3.36. The molecule has 0 radical (unpaired) electrons. The summed E-state index contributed by atoms with van der Waals surface area (Å²) in [6.45, 7) is 6.28. The number of allylic oxidation sites excluding steroid dienone is 2. The van der Waals surface area contributed by atoms with Gasteiger partial charge in [0.25, 0.3) is 0 Å². The number of Topliss-reactive ketones (excluding diaryl/α,β-unsaturated/α-hetero) is 1. The minimum Gasteiger partial charge on any atom is -0.362 e. The fourth-order valence-corrected chi connectivity index (χ4v) is 7.28. The third-order valence-electron chi connectivity index (χ3n) is 7.15. The van der Waals surface area contributed by atoms with E-state index < -0.39 is 15.3 Å². The number of carbonyl (C=O) groups is 1. The minimum atomic E-state index is -3.36. The number of nitrogens with zero attached hydrogens (tertiary/aromatic N) is 2. The van der Waals surface area contributed by atoms with Gasteiger partial charge < -0.3 is 5.32 Å². The molecule has 1 unspecified atom stereocenters. The minimum absolute atomic E-state index is 0.123. The van der Waals surface area contributed by atoms with E-state index in [9.17, 15) is 13.2 Å². The second kappa shape index (κ2) is 6.86. The zero-order chi connectivity index (χ0) is 22.0. The van der Waals surface area contributed by atoms with Crippen molar-refractivity contribution >= 4 is 15.6 Å². The fourth-order valence-electron chi connectivity index (χ4n) is 5.54. The number of carbonyl (C=O) groups excluding carboxylic acids is 1. The standard InChI is InChI=1S/C24H29N3O3S/c1-4-24(16-6-5-7-17(10-16)31(29,30)14-15-8-9-15)18-13-25-27-22(18)26-19-11-23(2,3)12-20(28)21(19)24/h5-7,10,13,15,22,26H,4,8-9,11-12,14H2,1-3H3/t22?,24-/m1/s1. The Morgan fingerprint density at radius 1 is 1.19 bits per heavy atom. The monoisotopic (exact) mass is 439 g/mol. The molecule has 0 saturated heterocycles. The lowest BCUT2D eigenvalue weighted by Gasteiger charge is -2.47. The normalized spacial score (nSPS) is 29.3. The van der Waals surface area contributed by atoms with Gasteiger partial charge in [0.05, 0.1) is 22.3 Å². The molecule has 0 aromatic heterocycles. The maximum absolute atomic E-state index is 13.5. The fraction of sp³-hybridized carbons (Fsp3) is 0.542. The molecule has 1 fully saturated rings. The molecule has 31 heavy (non-hydrogen) atoms. The van der Waals surface area contributed by atoms with Gasteiger partial charge in [0.1, 0.15) is 0 Å². The first-order chi connectivity index (χ1) is 14.7. The van der Waals surface area contributed by atoms with Crippen molar-refractivity contribution in [2.45, 2.75) is 69.4 Å². The van der Waals surface area contributed by atoms with Crippen LogP contribution in [-0.4, -0.2) is 26.1 Å². The first kappa shape index (κ1) is 20.6. The number of nitrogens with one attached hydrogen (secondary N) is 1. The van der Waals surface area contributed by atoms with E-state index in [1.807, 2.05) is 12.1 Å². The summed E-state index contributed by atoms with van der Waals surface area (Å²) in [5, 5.41) is 12.0. The number of ketones is 1. The lowest BCUT2D eigenvalue weighted by Crippen LogP contribution is -2.51. The van der Waals surface area contributed by atoms with Crippen LogP contribution >= 0.6 is 0 Å². The molecular formula is C24H29N3O3S. The van der Waals surface area contributed by atoms with E-state index in [-0.39, 0.29) is 29.0 Å². The molecule has 1 N–H and O–H groups in total. The van der Waals surface area contributed by atoms with E-state index >= 15 is 0 Å². The van der Waals surface area contributed by atoms with Gasteiger partial charge in [-0.2, -0.15) is 10.2 Å². The summed E-state index contributed by atoms with van der Waals surface area (Å²) in [5.41, 5.74) is 2.62. The van der Waals surface area contributed by atoms with Crippen molar-refractivity contribution in [1.29, 1.82) is 0 Å². The molecule has 0 amide bonds. The summed E-state index contributed by atoms with van der Waals surface area (Å²) in [5.74, 6) is 0.607. The van der Waals surface area contributed by atoms with E-state index in [0.717, 1.165) is 41.7 Å². The summed E-state index contributed by atoms with van der Waals surface area (Å²) < 4.78 is 26.1. The van der Waals surface area contributed by atoms with Crippen molar-refractivity contribution in [3.63, 3.8) is 0 Å². The van der Waals surface area contributed by atoms with Crippen LogP contribution in [0.4, 0.5) is 0 Å². The molecule has 1 aromatic carbocycles. The van der Waals surface area contributed by atoms with Crippen LogP contribution in [0.15, 0.2) is 62.4 Å². The Bertz CT molecular complexity index is 1160. The summed E-state index contributed by atoms with van der Waals surface area (Å²) in [6, 6.07) is 7.24. The van der Waals surface area contributed by atoms with Gasteiger partial charge in [0, 0.05) is 23.3 Å². The number of sulfone groups is 1. The van der Waals surface area contributed by atoms with Crippen LogP contribution in [0.2, 0.25) is 0 Å². The van der Waals surface area contributed by atoms with Crippen LogP contribution in [0.3, 0.4) is 0 Å².